The molecule has 3 N–H and O–H groups in total. The number of rotatable bonds is 6. The standard InChI is InChI=1S/C16H25N3O/c1-3-4-13-5-7-14(8-6-13)19-15(20)11-18-16(2)9-10-17-12-16/h5-8,17-18H,3-4,9-12H2,1-2H3,(H,19,20). The van der Waals surface area contributed by atoms with Crippen LogP contribution in [0.25, 0.3) is 0 Å². The maximum Gasteiger partial charge on any atom is 0.238 e. The molecule has 1 heterocycles. The van der Waals surface area contributed by atoms with Gasteiger partial charge in [-0.1, -0.05) is 25.5 Å². The minimum absolute atomic E-state index is 0.0152. The van der Waals surface area contributed by atoms with Crippen molar-refractivity contribution in [2.24, 2.45) is 0 Å². The Morgan fingerprint density at radius 2 is 2.10 bits per heavy atom. The third-order valence-electron chi connectivity index (χ3n) is 3.82. The zero-order valence-electron chi connectivity index (χ0n) is 12.5. The van der Waals surface area contributed by atoms with Crippen molar-refractivity contribution in [1.29, 1.82) is 0 Å². The lowest BCUT2D eigenvalue weighted by molar-refractivity contribution is -0.115. The van der Waals surface area contributed by atoms with Crippen molar-refractivity contribution in [1.82, 2.24) is 10.6 Å². The van der Waals surface area contributed by atoms with E-state index in [0.29, 0.717) is 6.54 Å². The van der Waals surface area contributed by atoms with E-state index in [-0.39, 0.29) is 11.4 Å². The minimum atomic E-state index is 0.0152. The first kappa shape index (κ1) is 15.0. The molecule has 1 saturated heterocycles. The van der Waals surface area contributed by atoms with Crippen LogP contribution in [0.4, 0.5) is 5.69 Å². The van der Waals surface area contributed by atoms with Crippen LogP contribution in [0.2, 0.25) is 0 Å². The minimum Gasteiger partial charge on any atom is -0.325 e. The lowest BCUT2D eigenvalue weighted by atomic mass is 10.0. The zero-order valence-corrected chi connectivity index (χ0v) is 12.5. The monoisotopic (exact) mass is 275 g/mol. The first-order valence-electron chi connectivity index (χ1n) is 7.46. The summed E-state index contributed by atoms with van der Waals surface area (Å²) in [5.41, 5.74) is 2.22. The van der Waals surface area contributed by atoms with E-state index in [2.05, 4.69) is 41.9 Å². The molecule has 1 aromatic carbocycles. The largest absolute Gasteiger partial charge is 0.325 e. The van der Waals surface area contributed by atoms with Crippen LogP contribution in [0.5, 0.6) is 0 Å². The highest BCUT2D eigenvalue weighted by Crippen LogP contribution is 2.13. The number of hydrogen-bond donors (Lipinski definition) is 3. The van der Waals surface area contributed by atoms with E-state index in [4.69, 9.17) is 0 Å². The van der Waals surface area contributed by atoms with Gasteiger partial charge in [0.1, 0.15) is 0 Å². The molecule has 1 unspecified atom stereocenters. The fraction of sp³-hybridized carbons (Fsp3) is 0.562. The highest BCUT2D eigenvalue weighted by molar-refractivity contribution is 5.92. The average Bonchev–Trinajstić information content (AvgIpc) is 2.87. The molecule has 0 saturated carbocycles. The van der Waals surface area contributed by atoms with Crippen molar-refractivity contribution in [2.45, 2.75) is 38.6 Å². The molecule has 1 aromatic rings. The summed E-state index contributed by atoms with van der Waals surface area (Å²) in [5, 5.41) is 9.58. The average molecular weight is 275 g/mol. The smallest absolute Gasteiger partial charge is 0.238 e. The Bertz CT molecular complexity index is 436. The third-order valence-corrected chi connectivity index (χ3v) is 3.82. The Morgan fingerprint density at radius 1 is 1.35 bits per heavy atom. The summed E-state index contributed by atoms with van der Waals surface area (Å²) in [4.78, 5) is 11.9. The molecule has 1 atom stereocenters. The lowest BCUT2D eigenvalue weighted by Crippen LogP contribution is -2.47. The van der Waals surface area contributed by atoms with Crippen molar-refractivity contribution in [2.75, 3.05) is 25.0 Å². The van der Waals surface area contributed by atoms with Gasteiger partial charge in [0.15, 0.2) is 0 Å². The summed E-state index contributed by atoms with van der Waals surface area (Å²) >= 11 is 0. The number of carbonyl (C=O) groups excluding carboxylic acids is 1. The number of aryl methyl sites for hydroxylation is 1. The van der Waals surface area contributed by atoms with Gasteiger partial charge in [0, 0.05) is 17.8 Å². The fourth-order valence-corrected chi connectivity index (χ4v) is 2.51. The molecule has 0 aromatic heterocycles. The Balaban J connectivity index is 1.79. The van der Waals surface area contributed by atoms with E-state index in [1.807, 2.05) is 12.1 Å². The number of hydrogen-bond acceptors (Lipinski definition) is 3. The molecule has 0 aliphatic carbocycles. The van der Waals surface area contributed by atoms with Crippen LogP contribution in [0, 0.1) is 0 Å². The maximum atomic E-state index is 11.9. The molecule has 1 fully saturated rings. The second-order valence-electron chi connectivity index (χ2n) is 5.84. The highest BCUT2D eigenvalue weighted by Gasteiger charge is 2.28. The Labute approximate surface area is 121 Å². The number of nitrogens with one attached hydrogen (secondary N) is 3. The van der Waals surface area contributed by atoms with Gasteiger partial charge in [-0.3, -0.25) is 4.79 Å². The van der Waals surface area contributed by atoms with E-state index in [1.54, 1.807) is 0 Å². The number of benzene rings is 1. The summed E-state index contributed by atoms with van der Waals surface area (Å²) in [7, 11) is 0. The number of anilines is 1. The maximum absolute atomic E-state index is 11.9. The van der Waals surface area contributed by atoms with E-state index in [9.17, 15) is 4.79 Å². The molecule has 0 spiro atoms. The second kappa shape index (κ2) is 6.86. The van der Waals surface area contributed by atoms with Crippen molar-refractivity contribution >= 4 is 11.6 Å². The summed E-state index contributed by atoms with van der Waals surface area (Å²) in [6.45, 7) is 6.62. The first-order chi connectivity index (χ1) is 9.61. The quantitative estimate of drug-likeness (QED) is 0.743. The lowest BCUT2D eigenvalue weighted by Gasteiger charge is -2.24. The molecule has 20 heavy (non-hydrogen) atoms. The van der Waals surface area contributed by atoms with E-state index in [1.165, 1.54) is 5.56 Å². The van der Waals surface area contributed by atoms with E-state index >= 15 is 0 Å². The number of carbonyl (C=O) groups is 1. The van der Waals surface area contributed by atoms with Crippen LogP contribution < -0.4 is 16.0 Å². The Kier molecular flexibility index (Phi) is 5.15. The highest BCUT2D eigenvalue weighted by atomic mass is 16.1. The molecule has 0 bridgehead atoms. The van der Waals surface area contributed by atoms with Gasteiger partial charge in [-0.25, -0.2) is 0 Å². The van der Waals surface area contributed by atoms with Gasteiger partial charge in [0.05, 0.1) is 6.54 Å². The van der Waals surface area contributed by atoms with Gasteiger partial charge in [0.25, 0.3) is 0 Å². The van der Waals surface area contributed by atoms with Crippen LogP contribution in [-0.2, 0) is 11.2 Å². The molecular weight excluding hydrogens is 250 g/mol. The molecule has 4 nitrogen and oxygen atoms in total. The van der Waals surface area contributed by atoms with Gasteiger partial charge in [-0.15, -0.1) is 0 Å². The molecule has 1 amide bonds. The predicted octanol–water partition coefficient (Wildman–Crippen LogP) is 1.92. The third kappa shape index (κ3) is 4.32. The zero-order chi connectivity index (χ0) is 14.4. The summed E-state index contributed by atoms with van der Waals surface area (Å²) in [6.07, 6.45) is 3.29. The molecule has 110 valence electrons. The van der Waals surface area contributed by atoms with Crippen molar-refractivity contribution < 1.29 is 4.79 Å². The summed E-state index contributed by atoms with van der Waals surface area (Å²) in [5.74, 6) is 0.0152. The molecular formula is C16H25N3O. The van der Waals surface area contributed by atoms with Gasteiger partial charge in [0.2, 0.25) is 5.91 Å². The van der Waals surface area contributed by atoms with Gasteiger partial charge in [-0.2, -0.15) is 0 Å². The Hall–Kier alpha value is -1.39. The van der Waals surface area contributed by atoms with Gasteiger partial charge in [-0.05, 0) is 44.0 Å². The predicted molar refractivity (Wildman–Crippen MR) is 83.0 cm³/mol. The SMILES string of the molecule is CCCc1ccc(NC(=O)CNC2(C)CCNC2)cc1. The fourth-order valence-electron chi connectivity index (χ4n) is 2.51. The number of amides is 1. The molecule has 1 aliphatic rings. The van der Waals surface area contributed by atoms with Gasteiger partial charge >= 0.3 is 0 Å². The van der Waals surface area contributed by atoms with Crippen molar-refractivity contribution in [3.05, 3.63) is 29.8 Å². The Morgan fingerprint density at radius 3 is 2.70 bits per heavy atom. The van der Waals surface area contributed by atoms with Crippen LogP contribution in [0.3, 0.4) is 0 Å². The normalized spacial score (nSPS) is 21.9. The van der Waals surface area contributed by atoms with E-state index in [0.717, 1.165) is 38.0 Å². The topological polar surface area (TPSA) is 53.2 Å². The molecule has 2 rings (SSSR count). The van der Waals surface area contributed by atoms with Crippen LogP contribution >= 0.6 is 0 Å². The second-order valence-corrected chi connectivity index (χ2v) is 5.84. The van der Waals surface area contributed by atoms with Crippen LogP contribution in [0.15, 0.2) is 24.3 Å². The first-order valence-corrected chi connectivity index (χ1v) is 7.46. The van der Waals surface area contributed by atoms with E-state index < -0.39 is 0 Å². The van der Waals surface area contributed by atoms with Crippen molar-refractivity contribution in [3.63, 3.8) is 0 Å². The van der Waals surface area contributed by atoms with Gasteiger partial charge < -0.3 is 16.0 Å². The summed E-state index contributed by atoms with van der Waals surface area (Å²) in [6, 6.07) is 8.10. The summed E-state index contributed by atoms with van der Waals surface area (Å²) < 4.78 is 0. The molecule has 4 heteroatoms. The van der Waals surface area contributed by atoms with Crippen LogP contribution in [-0.4, -0.2) is 31.1 Å². The van der Waals surface area contributed by atoms with Crippen molar-refractivity contribution in [3.8, 4) is 0 Å². The molecule has 0 radical (unpaired) electrons. The molecule has 1 aliphatic heterocycles. The van der Waals surface area contributed by atoms with Crippen LogP contribution in [0.1, 0.15) is 32.3 Å².